The monoisotopic (exact) mass is 579 g/mol. The summed E-state index contributed by atoms with van der Waals surface area (Å²) in [6.07, 6.45) is 6.77. The predicted molar refractivity (Wildman–Crippen MR) is 164 cm³/mol. The van der Waals surface area contributed by atoms with Gasteiger partial charge in [-0.05, 0) is 89.5 Å². The second-order valence-corrected chi connectivity index (χ2v) is 12.2. The van der Waals surface area contributed by atoms with Gasteiger partial charge in [-0.15, -0.1) is 0 Å². The third kappa shape index (κ3) is 5.99. The summed E-state index contributed by atoms with van der Waals surface area (Å²) < 4.78 is 11.4. The van der Waals surface area contributed by atoms with Gasteiger partial charge in [0.05, 0.1) is 33.5 Å². The van der Waals surface area contributed by atoms with Gasteiger partial charge in [0.2, 0.25) is 0 Å². The van der Waals surface area contributed by atoms with Crippen LogP contribution in [0.2, 0.25) is 0 Å². The second-order valence-electron chi connectivity index (χ2n) is 12.2. The average Bonchev–Trinajstić information content (AvgIpc) is 3.02. The molecule has 2 aromatic carbocycles. The number of piperidine rings is 1. The smallest absolute Gasteiger partial charge is 0.317 e. The molecule has 0 bridgehead atoms. The molecule has 3 aliphatic rings. The van der Waals surface area contributed by atoms with Gasteiger partial charge in [-0.1, -0.05) is 38.8 Å². The lowest BCUT2D eigenvalue weighted by Crippen LogP contribution is -2.49. The van der Waals surface area contributed by atoms with Crippen LogP contribution < -0.4 is 14.8 Å². The largest absolute Gasteiger partial charge is 0.493 e. The van der Waals surface area contributed by atoms with E-state index >= 15 is 0 Å². The number of aliphatic hydroxyl groups is 2. The van der Waals surface area contributed by atoms with Crippen molar-refractivity contribution in [3.8, 4) is 11.5 Å². The maximum Gasteiger partial charge on any atom is 0.317 e. The summed E-state index contributed by atoms with van der Waals surface area (Å²) in [4.78, 5) is 18.3. The fourth-order valence-electron chi connectivity index (χ4n) is 7.66. The number of hydrogen-bond donors (Lipinski definition) is 3. The number of ether oxygens (including phenoxy) is 2. The van der Waals surface area contributed by atoms with Crippen LogP contribution in [0.3, 0.4) is 0 Å². The van der Waals surface area contributed by atoms with Crippen LogP contribution in [0.5, 0.6) is 11.5 Å². The molecule has 2 amide bonds. The van der Waals surface area contributed by atoms with Gasteiger partial charge in [0, 0.05) is 32.2 Å². The minimum atomic E-state index is -0.0663. The molecule has 8 heteroatoms. The first-order valence-electron chi connectivity index (χ1n) is 15.9. The van der Waals surface area contributed by atoms with Crippen molar-refractivity contribution in [3.63, 3.8) is 0 Å². The lowest BCUT2D eigenvalue weighted by Gasteiger charge is -2.49. The minimum Gasteiger partial charge on any atom is -0.493 e. The maximum atomic E-state index is 13.6. The summed E-state index contributed by atoms with van der Waals surface area (Å²) in [6, 6.07) is 8.69. The Morgan fingerprint density at radius 3 is 2.31 bits per heavy atom. The van der Waals surface area contributed by atoms with Crippen LogP contribution >= 0.6 is 0 Å². The molecular weight excluding hydrogens is 530 g/mol. The predicted octanol–water partition coefficient (Wildman–Crippen LogP) is 5.13. The van der Waals surface area contributed by atoms with E-state index in [0.29, 0.717) is 30.7 Å². The van der Waals surface area contributed by atoms with Crippen molar-refractivity contribution in [2.24, 2.45) is 11.8 Å². The number of carbonyl (C=O) groups excluding carboxylic acids is 1. The first-order valence-corrected chi connectivity index (χ1v) is 15.9. The van der Waals surface area contributed by atoms with Gasteiger partial charge in [0.15, 0.2) is 11.5 Å². The Labute approximate surface area is 251 Å². The molecule has 0 radical (unpaired) electrons. The Balaban J connectivity index is 1.49. The summed E-state index contributed by atoms with van der Waals surface area (Å²) >= 11 is 0. The minimum absolute atomic E-state index is 0.0199. The summed E-state index contributed by atoms with van der Waals surface area (Å²) in [5.41, 5.74) is 6.64. The topological polar surface area (TPSA) is 94.5 Å². The average molecular weight is 580 g/mol. The van der Waals surface area contributed by atoms with E-state index in [1.54, 1.807) is 14.2 Å². The van der Waals surface area contributed by atoms with E-state index in [9.17, 15) is 15.0 Å². The molecule has 2 aromatic rings. The number of rotatable bonds is 10. The fraction of sp³-hybridized carbons (Fsp3) is 0.618. The second kappa shape index (κ2) is 13.7. The van der Waals surface area contributed by atoms with Crippen molar-refractivity contribution >= 4 is 6.03 Å². The van der Waals surface area contributed by atoms with Gasteiger partial charge in [-0.3, -0.25) is 4.90 Å². The number of methoxy groups -OCH3 is 2. The number of fused-ring (bicyclic) bond motifs is 4. The highest BCUT2D eigenvalue weighted by atomic mass is 16.5. The molecule has 1 saturated heterocycles. The van der Waals surface area contributed by atoms with E-state index < -0.39 is 0 Å². The number of aliphatic hydroxyl groups excluding tert-OH is 2. The summed E-state index contributed by atoms with van der Waals surface area (Å²) in [7, 11) is 3.34. The number of nitrogens with zero attached hydrogens (tertiary/aromatic N) is 2. The first-order chi connectivity index (χ1) is 20.5. The maximum absolute atomic E-state index is 13.6. The van der Waals surface area contributed by atoms with Gasteiger partial charge in [-0.25, -0.2) is 4.79 Å². The van der Waals surface area contributed by atoms with E-state index in [4.69, 9.17) is 9.47 Å². The molecule has 5 rings (SSSR count). The van der Waals surface area contributed by atoms with Gasteiger partial charge >= 0.3 is 6.03 Å². The number of urea groups is 1. The number of nitrogens with one attached hydrogen (secondary N) is 1. The van der Waals surface area contributed by atoms with Crippen LogP contribution in [0.25, 0.3) is 0 Å². The fourth-order valence-corrected chi connectivity index (χ4v) is 7.66. The van der Waals surface area contributed by atoms with Crippen molar-refractivity contribution in [1.29, 1.82) is 0 Å². The van der Waals surface area contributed by atoms with Crippen molar-refractivity contribution in [3.05, 3.63) is 57.6 Å². The Morgan fingerprint density at radius 2 is 1.62 bits per heavy atom. The van der Waals surface area contributed by atoms with E-state index in [-0.39, 0.29) is 31.3 Å². The standard InChI is InChI=1S/C34H49N3O5/c1-5-7-10-35-34(40)37-12-9-24-17-32(41-3)33(42-4)18-29(24)31(37)16-25-15-30-28-14-27(21-39)26(20-38)13-23(28)8-11-36(30)19-22(25)6-2/h13-14,17-18,22,25,30-31,38-39H,5-12,15-16,19-21H2,1-4H3,(H,35,40). The summed E-state index contributed by atoms with van der Waals surface area (Å²) in [6.45, 7) is 7.74. The molecule has 3 heterocycles. The molecule has 8 nitrogen and oxygen atoms in total. The highest BCUT2D eigenvalue weighted by molar-refractivity contribution is 5.75. The molecule has 3 aliphatic heterocycles. The third-order valence-corrected chi connectivity index (χ3v) is 10.1. The van der Waals surface area contributed by atoms with E-state index in [2.05, 4.69) is 53.2 Å². The highest BCUT2D eigenvalue weighted by Gasteiger charge is 2.42. The van der Waals surface area contributed by atoms with Crippen molar-refractivity contribution in [2.45, 2.75) is 84.1 Å². The van der Waals surface area contributed by atoms with E-state index in [0.717, 1.165) is 74.9 Å². The SMILES string of the molecule is CCCCNC(=O)N1CCc2cc(OC)c(OC)cc2C1CC1CC2c3cc(CO)c(CO)cc3CCN2CC1CC. The quantitative estimate of drug-likeness (QED) is 0.338. The number of carbonyl (C=O) groups is 1. The highest BCUT2D eigenvalue weighted by Crippen LogP contribution is 2.48. The summed E-state index contributed by atoms with van der Waals surface area (Å²) in [5, 5.41) is 23.1. The molecule has 4 atom stereocenters. The molecular formula is C34H49N3O5. The zero-order valence-corrected chi connectivity index (χ0v) is 25.8. The number of benzene rings is 2. The Kier molecular flexibility index (Phi) is 9.96. The molecule has 4 unspecified atom stereocenters. The molecule has 0 spiro atoms. The number of unbranched alkanes of at least 4 members (excludes halogenated alkanes) is 1. The van der Waals surface area contributed by atoms with Crippen LogP contribution in [0.1, 0.15) is 91.4 Å². The van der Waals surface area contributed by atoms with Crippen LogP contribution in [-0.2, 0) is 26.1 Å². The Hall–Kier alpha value is -2.81. The number of hydrogen-bond acceptors (Lipinski definition) is 6. The van der Waals surface area contributed by atoms with Crippen molar-refractivity contribution in [1.82, 2.24) is 15.1 Å². The van der Waals surface area contributed by atoms with Gasteiger partial charge < -0.3 is 29.9 Å². The van der Waals surface area contributed by atoms with Gasteiger partial charge in [-0.2, -0.15) is 0 Å². The normalized spacial score (nSPS) is 23.5. The molecule has 42 heavy (non-hydrogen) atoms. The van der Waals surface area contributed by atoms with Crippen LogP contribution in [0.15, 0.2) is 24.3 Å². The third-order valence-electron chi connectivity index (χ3n) is 10.1. The molecule has 0 aliphatic carbocycles. The van der Waals surface area contributed by atoms with E-state index in [1.807, 2.05) is 0 Å². The first kappa shape index (κ1) is 30.6. The lowest BCUT2D eigenvalue weighted by atomic mass is 9.72. The molecule has 3 N–H and O–H groups in total. The molecule has 1 fully saturated rings. The van der Waals surface area contributed by atoms with E-state index in [1.165, 1.54) is 22.3 Å². The molecule has 0 aromatic heterocycles. The summed E-state index contributed by atoms with van der Waals surface area (Å²) in [5.74, 6) is 2.39. The molecule has 230 valence electrons. The zero-order valence-electron chi connectivity index (χ0n) is 25.8. The van der Waals surface area contributed by atoms with Crippen molar-refractivity contribution in [2.75, 3.05) is 40.4 Å². The van der Waals surface area contributed by atoms with Crippen LogP contribution in [-0.4, -0.2) is 66.4 Å². The Bertz CT molecular complexity index is 1250. The lowest BCUT2D eigenvalue weighted by molar-refractivity contribution is 0.0351. The van der Waals surface area contributed by atoms with Gasteiger partial charge in [0.1, 0.15) is 0 Å². The molecule has 0 saturated carbocycles. The number of amides is 2. The van der Waals surface area contributed by atoms with Gasteiger partial charge in [0.25, 0.3) is 0 Å². The van der Waals surface area contributed by atoms with Crippen molar-refractivity contribution < 1.29 is 24.5 Å². The van der Waals surface area contributed by atoms with Crippen LogP contribution in [0, 0.1) is 11.8 Å². The Morgan fingerprint density at radius 1 is 0.929 bits per heavy atom. The zero-order chi connectivity index (χ0) is 29.8. The van der Waals surface area contributed by atoms with Crippen LogP contribution in [0.4, 0.5) is 4.79 Å².